The number of nitrogens with one attached hydrogen (secondary N) is 2. The highest BCUT2D eigenvalue weighted by Gasteiger charge is 2.22. The number of rotatable bonds is 3. The fourth-order valence-electron chi connectivity index (χ4n) is 2.69. The fraction of sp³-hybridized carbons (Fsp3) is 0.375. The number of nitrogens with zero attached hydrogens (tertiary/aromatic N) is 1. The van der Waals surface area contributed by atoms with Gasteiger partial charge < -0.3 is 15.2 Å². The van der Waals surface area contributed by atoms with E-state index in [1.807, 2.05) is 12.1 Å². The first kappa shape index (κ1) is 17.8. The monoisotopic (exact) mass is 355 g/mol. The lowest BCUT2D eigenvalue weighted by molar-refractivity contribution is 0.0888. The summed E-state index contributed by atoms with van der Waals surface area (Å²) in [7, 11) is 0. The van der Waals surface area contributed by atoms with Crippen LogP contribution >= 0.6 is 24.0 Å². The molecule has 2 heterocycles. The molecule has 124 valence electrons. The predicted octanol–water partition coefficient (Wildman–Crippen LogP) is 3.29. The summed E-state index contributed by atoms with van der Waals surface area (Å²) in [5.41, 5.74) is 1.43. The normalized spacial score (nSPS) is 20.6. The van der Waals surface area contributed by atoms with Crippen LogP contribution in [0.4, 0.5) is 0 Å². The summed E-state index contributed by atoms with van der Waals surface area (Å²) in [6.45, 7) is 3.03. The number of piperidine rings is 1. The minimum atomic E-state index is -0.222. The van der Waals surface area contributed by atoms with Gasteiger partial charge in [-0.1, -0.05) is 28.9 Å². The second-order valence-corrected chi connectivity index (χ2v) is 6.07. The molecule has 2 N–H and O–H groups in total. The van der Waals surface area contributed by atoms with Gasteiger partial charge in [0.2, 0.25) is 5.76 Å². The molecule has 23 heavy (non-hydrogen) atoms. The lowest BCUT2D eigenvalue weighted by Crippen LogP contribution is -2.46. The Bertz CT molecular complexity index is 675. The highest BCUT2D eigenvalue weighted by molar-refractivity contribution is 6.30. The van der Waals surface area contributed by atoms with Crippen molar-refractivity contribution in [3.63, 3.8) is 0 Å². The van der Waals surface area contributed by atoms with Crippen LogP contribution in [0.2, 0.25) is 5.02 Å². The van der Waals surface area contributed by atoms with Crippen molar-refractivity contribution in [2.24, 2.45) is 0 Å². The van der Waals surface area contributed by atoms with Gasteiger partial charge >= 0.3 is 0 Å². The standard InChI is InChI=1S/C16H18ClN3O2.ClH/c1-10-7-13(5-6-18-10)19-16(21)15-9-14(20-22-15)11-3-2-4-12(17)8-11;/h2-4,8-10,13,18H,5-7H2,1H3,(H,19,21);1H. The van der Waals surface area contributed by atoms with E-state index in [1.165, 1.54) is 0 Å². The van der Waals surface area contributed by atoms with E-state index in [-0.39, 0.29) is 30.1 Å². The van der Waals surface area contributed by atoms with Gasteiger partial charge in [-0.25, -0.2) is 0 Å². The van der Waals surface area contributed by atoms with E-state index in [9.17, 15) is 4.79 Å². The third kappa shape index (κ3) is 4.47. The molecule has 7 heteroatoms. The van der Waals surface area contributed by atoms with E-state index in [4.69, 9.17) is 16.1 Å². The largest absolute Gasteiger partial charge is 0.350 e. The SMILES string of the molecule is CC1CC(NC(=O)c2cc(-c3cccc(Cl)c3)no2)CCN1.Cl. The van der Waals surface area contributed by atoms with E-state index in [1.54, 1.807) is 18.2 Å². The van der Waals surface area contributed by atoms with Crippen molar-refractivity contribution in [2.75, 3.05) is 6.54 Å². The summed E-state index contributed by atoms with van der Waals surface area (Å²) in [5, 5.41) is 10.9. The summed E-state index contributed by atoms with van der Waals surface area (Å²) >= 11 is 5.96. The van der Waals surface area contributed by atoms with Crippen LogP contribution in [-0.4, -0.2) is 29.7 Å². The summed E-state index contributed by atoms with van der Waals surface area (Å²) in [5.74, 6) is 0.000962. The molecule has 2 aromatic rings. The van der Waals surface area contributed by atoms with Gasteiger partial charge in [-0.15, -0.1) is 12.4 Å². The summed E-state index contributed by atoms with van der Waals surface area (Å²) in [6, 6.07) is 9.51. The zero-order valence-electron chi connectivity index (χ0n) is 12.7. The summed E-state index contributed by atoms with van der Waals surface area (Å²) < 4.78 is 5.17. The Hall–Kier alpha value is -1.56. The van der Waals surface area contributed by atoms with E-state index in [2.05, 4.69) is 22.7 Å². The van der Waals surface area contributed by atoms with Crippen LogP contribution in [0.15, 0.2) is 34.9 Å². The predicted molar refractivity (Wildman–Crippen MR) is 92.1 cm³/mol. The van der Waals surface area contributed by atoms with Crippen LogP contribution in [-0.2, 0) is 0 Å². The number of benzene rings is 1. The molecule has 0 spiro atoms. The minimum Gasteiger partial charge on any atom is -0.350 e. The highest BCUT2D eigenvalue weighted by atomic mass is 35.5. The molecule has 0 radical (unpaired) electrons. The molecule has 1 aliphatic rings. The first-order chi connectivity index (χ1) is 10.6. The van der Waals surface area contributed by atoms with Crippen molar-refractivity contribution in [3.05, 3.63) is 41.1 Å². The van der Waals surface area contributed by atoms with Gasteiger partial charge in [0.1, 0.15) is 5.69 Å². The van der Waals surface area contributed by atoms with Crippen molar-refractivity contribution < 1.29 is 9.32 Å². The molecule has 0 aliphatic carbocycles. The van der Waals surface area contributed by atoms with Crippen molar-refractivity contribution in [1.82, 2.24) is 15.8 Å². The van der Waals surface area contributed by atoms with Gasteiger partial charge in [-0.05, 0) is 38.4 Å². The Labute approximate surface area is 146 Å². The van der Waals surface area contributed by atoms with Crippen LogP contribution in [0.1, 0.15) is 30.3 Å². The van der Waals surface area contributed by atoms with Crippen molar-refractivity contribution >= 4 is 29.9 Å². The molecule has 1 fully saturated rings. The highest BCUT2D eigenvalue weighted by Crippen LogP contribution is 2.22. The fourth-order valence-corrected chi connectivity index (χ4v) is 2.88. The second kappa shape index (κ2) is 7.81. The van der Waals surface area contributed by atoms with Crippen molar-refractivity contribution in [3.8, 4) is 11.3 Å². The molecular weight excluding hydrogens is 337 g/mol. The van der Waals surface area contributed by atoms with Gasteiger partial charge in [0.05, 0.1) is 0 Å². The Morgan fingerprint density at radius 1 is 1.43 bits per heavy atom. The van der Waals surface area contributed by atoms with Crippen LogP contribution in [0.3, 0.4) is 0 Å². The van der Waals surface area contributed by atoms with Gasteiger partial charge in [0.25, 0.3) is 5.91 Å². The Morgan fingerprint density at radius 2 is 2.26 bits per heavy atom. The maximum Gasteiger partial charge on any atom is 0.290 e. The first-order valence-electron chi connectivity index (χ1n) is 7.39. The Balaban J connectivity index is 0.00000192. The van der Waals surface area contributed by atoms with E-state index in [0.717, 1.165) is 24.9 Å². The third-order valence-corrected chi connectivity index (χ3v) is 4.05. The van der Waals surface area contributed by atoms with E-state index in [0.29, 0.717) is 16.8 Å². The molecule has 2 unspecified atom stereocenters. The molecule has 1 aromatic carbocycles. The van der Waals surface area contributed by atoms with Crippen molar-refractivity contribution in [1.29, 1.82) is 0 Å². The molecule has 1 amide bonds. The average Bonchev–Trinajstić information content (AvgIpc) is 2.97. The summed E-state index contributed by atoms with van der Waals surface area (Å²) in [6.07, 6.45) is 1.84. The van der Waals surface area contributed by atoms with Crippen LogP contribution < -0.4 is 10.6 Å². The molecule has 1 aliphatic heterocycles. The molecule has 3 rings (SSSR count). The molecule has 1 aromatic heterocycles. The van der Waals surface area contributed by atoms with Crippen LogP contribution in [0, 0.1) is 0 Å². The van der Waals surface area contributed by atoms with Gasteiger partial charge in [-0.3, -0.25) is 4.79 Å². The number of hydrogen-bond acceptors (Lipinski definition) is 4. The maximum atomic E-state index is 12.2. The van der Waals surface area contributed by atoms with Crippen LogP contribution in [0.25, 0.3) is 11.3 Å². The maximum absolute atomic E-state index is 12.2. The summed E-state index contributed by atoms with van der Waals surface area (Å²) in [4.78, 5) is 12.2. The molecule has 2 atom stereocenters. The first-order valence-corrected chi connectivity index (χ1v) is 7.76. The number of carbonyl (C=O) groups is 1. The van der Waals surface area contributed by atoms with Gasteiger partial charge in [0, 0.05) is 28.7 Å². The number of amides is 1. The third-order valence-electron chi connectivity index (χ3n) is 3.81. The number of hydrogen-bond donors (Lipinski definition) is 2. The Kier molecular flexibility index (Phi) is 6.04. The smallest absolute Gasteiger partial charge is 0.290 e. The zero-order chi connectivity index (χ0) is 15.5. The van der Waals surface area contributed by atoms with E-state index >= 15 is 0 Å². The lowest BCUT2D eigenvalue weighted by Gasteiger charge is -2.28. The number of halogens is 2. The minimum absolute atomic E-state index is 0. The van der Waals surface area contributed by atoms with Crippen molar-refractivity contribution in [2.45, 2.75) is 31.8 Å². The number of aromatic nitrogens is 1. The quantitative estimate of drug-likeness (QED) is 0.886. The second-order valence-electron chi connectivity index (χ2n) is 5.64. The molecular formula is C16H19Cl2N3O2. The average molecular weight is 356 g/mol. The lowest BCUT2D eigenvalue weighted by atomic mass is 10.0. The molecule has 0 saturated carbocycles. The number of carbonyl (C=O) groups excluding carboxylic acids is 1. The zero-order valence-corrected chi connectivity index (χ0v) is 14.3. The Morgan fingerprint density at radius 3 is 3.00 bits per heavy atom. The van der Waals surface area contributed by atoms with Gasteiger partial charge in [-0.2, -0.15) is 0 Å². The molecule has 1 saturated heterocycles. The van der Waals surface area contributed by atoms with E-state index < -0.39 is 0 Å². The molecule has 0 bridgehead atoms. The molecule has 5 nitrogen and oxygen atoms in total. The van der Waals surface area contributed by atoms with Gasteiger partial charge in [0.15, 0.2) is 0 Å². The topological polar surface area (TPSA) is 67.2 Å². The van der Waals surface area contributed by atoms with Crippen LogP contribution in [0.5, 0.6) is 0 Å².